The van der Waals surface area contributed by atoms with Gasteiger partial charge in [0.2, 0.25) is 0 Å². The van der Waals surface area contributed by atoms with Crippen LogP contribution in [0.3, 0.4) is 0 Å². The molecule has 0 spiro atoms. The summed E-state index contributed by atoms with van der Waals surface area (Å²) in [5.74, 6) is 0. The smallest absolute Gasteiger partial charge is 0.407 e. The Bertz CT molecular complexity index is 1130. The van der Waals surface area contributed by atoms with Crippen LogP contribution in [0.1, 0.15) is 22.4 Å². The number of carbonyl (C=O) groups is 1. The molecule has 0 saturated carbocycles. The Kier molecular flexibility index (Phi) is 5.29. The van der Waals surface area contributed by atoms with Crippen LogP contribution in [0.4, 0.5) is 4.79 Å². The number of carbonyl (C=O) groups excluding carboxylic acids is 1. The number of ether oxygens (including phenoxy) is 1. The summed E-state index contributed by atoms with van der Waals surface area (Å²) in [6, 6.07) is 21.9. The molecule has 0 bridgehead atoms. The monoisotopic (exact) mass is 385 g/mol. The number of benzene rings is 2. The third-order valence-electron chi connectivity index (χ3n) is 4.80. The number of alkyl carbamates (subject to hydrolysis) is 1. The number of fused-ring (bicyclic) bond motifs is 1. The molecule has 0 radical (unpaired) electrons. The van der Waals surface area contributed by atoms with E-state index in [9.17, 15) is 4.79 Å². The number of rotatable bonds is 5. The SMILES string of the molecule is Cc1ccc(-c2nc3ccc(C)cn3c2CNC(=O)OCc2ccccc2)cc1. The van der Waals surface area contributed by atoms with E-state index < -0.39 is 6.09 Å². The Balaban J connectivity index is 1.56. The van der Waals surface area contributed by atoms with Gasteiger partial charge in [0.15, 0.2) is 0 Å². The van der Waals surface area contributed by atoms with Gasteiger partial charge in [-0.3, -0.25) is 0 Å². The molecule has 146 valence electrons. The molecular formula is C24H23N3O2. The normalized spacial score (nSPS) is 10.8. The minimum atomic E-state index is -0.452. The van der Waals surface area contributed by atoms with Crippen molar-refractivity contribution in [1.82, 2.24) is 14.7 Å². The van der Waals surface area contributed by atoms with E-state index in [0.717, 1.165) is 33.7 Å². The molecule has 0 saturated heterocycles. The number of imidazole rings is 1. The van der Waals surface area contributed by atoms with Crippen molar-refractivity contribution < 1.29 is 9.53 Å². The fourth-order valence-corrected chi connectivity index (χ4v) is 3.24. The average Bonchev–Trinajstić information content (AvgIpc) is 3.09. The minimum Gasteiger partial charge on any atom is -0.445 e. The van der Waals surface area contributed by atoms with Gasteiger partial charge in [0.05, 0.1) is 17.9 Å². The molecule has 1 amide bonds. The number of hydrogen-bond donors (Lipinski definition) is 1. The van der Waals surface area contributed by atoms with Crippen LogP contribution in [0.5, 0.6) is 0 Å². The minimum absolute atomic E-state index is 0.240. The molecule has 0 atom stereocenters. The molecule has 5 heteroatoms. The Hall–Kier alpha value is -3.60. The van der Waals surface area contributed by atoms with Gasteiger partial charge in [-0.05, 0) is 31.0 Å². The third kappa shape index (κ3) is 4.29. The summed E-state index contributed by atoms with van der Waals surface area (Å²) in [7, 11) is 0. The number of amides is 1. The lowest BCUT2D eigenvalue weighted by Crippen LogP contribution is -2.24. The highest BCUT2D eigenvalue weighted by Gasteiger charge is 2.15. The van der Waals surface area contributed by atoms with Gasteiger partial charge in [0.1, 0.15) is 12.3 Å². The van der Waals surface area contributed by atoms with Crippen LogP contribution in [0.2, 0.25) is 0 Å². The maximum absolute atomic E-state index is 12.2. The quantitative estimate of drug-likeness (QED) is 0.523. The molecule has 4 aromatic rings. The van der Waals surface area contributed by atoms with Crippen molar-refractivity contribution in [2.24, 2.45) is 0 Å². The lowest BCUT2D eigenvalue weighted by Gasteiger charge is -2.09. The number of nitrogens with zero attached hydrogens (tertiary/aromatic N) is 2. The molecule has 0 aliphatic rings. The summed E-state index contributed by atoms with van der Waals surface area (Å²) in [6.07, 6.45) is 1.58. The maximum atomic E-state index is 12.2. The molecule has 29 heavy (non-hydrogen) atoms. The number of pyridine rings is 1. The Morgan fingerprint density at radius 3 is 2.45 bits per heavy atom. The fourth-order valence-electron chi connectivity index (χ4n) is 3.24. The Morgan fingerprint density at radius 2 is 1.69 bits per heavy atom. The van der Waals surface area contributed by atoms with Crippen molar-refractivity contribution >= 4 is 11.7 Å². The predicted molar refractivity (Wildman–Crippen MR) is 114 cm³/mol. The fraction of sp³-hybridized carbons (Fsp3) is 0.167. The molecular weight excluding hydrogens is 362 g/mol. The largest absolute Gasteiger partial charge is 0.445 e. The van der Waals surface area contributed by atoms with E-state index in [1.54, 1.807) is 0 Å². The van der Waals surface area contributed by atoms with E-state index >= 15 is 0 Å². The second-order valence-corrected chi connectivity index (χ2v) is 7.12. The van der Waals surface area contributed by atoms with Crippen molar-refractivity contribution in [2.75, 3.05) is 0 Å². The van der Waals surface area contributed by atoms with E-state index in [1.165, 1.54) is 5.56 Å². The standard InChI is InChI=1S/C24H23N3O2/c1-17-8-11-20(12-9-17)23-21(27-15-18(2)10-13-22(27)26-23)14-25-24(28)29-16-19-6-4-3-5-7-19/h3-13,15H,14,16H2,1-2H3,(H,25,28). The topological polar surface area (TPSA) is 55.6 Å². The zero-order chi connectivity index (χ0) is 20.2. The van der Waals surface area contributed by atoms with Crippen LogP contribution in [0.25, 0.3) is 16.9 Å². The number of hydrogen-bond acceptors (Lipinski definition) is 3. The molecule has 0 aliphatic heterocycles. The van der Waals surface area contributed by atoms with Crippen LogP contribution in [0.15, 0.2) is 72.9 Å². The van der Waals surface area contributed by atoms with E-state index in [4.69, 9.17) is 9.72 Å². The number of aromatic nitrogens is 2. The van der Waals surface area contributed by atoms with Crippen molar-refractivity contribution in [3.05, 3.63) is 95.3 Å². The second kappa shape index (κ2) is 8.19. The first-order chi connectivity index (χ1) is 14.1. The van der Waals surface area contributed by atoms with E-state index in [1.807, 2.05) is 60.0 Å². The Morgan fingerprint density at radius 1 is 0.966 bits per heavy atom. The van der Waals surface area contributed by atoms with Gasteiger partial charge in [-0.15, -0.1) is 0 Å². The van der Waals surface area contributed by atoms with Crippen LogP contribution in [-0.2, 0) is 17.9 Å². The molecule has 0 unspecified atom stereocenters. The van der Waals surface area contributed by atoms with E-state index in [0.29, 0.717) is 6.54 Å². The lowest BCUT2D eigenvalue weighted by molar-refractivity contribution is 0.139. The number of nitrogens with one attached hydrogen (secondary N) is 1. The molecule has 4 rings (SSSR count). The molecule has 0 fully saturated rings. The maximum Gasteiger partial charge on any atom is 0.407 e. The highest BCUT2D eigenvalue weighted by molar-refractivity contribution is 5.70. The molecule has 0 aliphatic carbocycles. The van der Waals surface area contributed by atoms with Gasteiger partial charge in [0, 0.05) is 11.8 Å². The van der Waals surface area contributed by atoms with Crippen molar-refractivity contribution in [3.63, 3.8) is 0 Å². The van der Waals surface area contributed by atoms with Gasteiger partial charge in [-0.2, -0.15) is 0 Å². The van der Waals surface area contributed by atoms with Crippen molar-refractivity contribution in [3.8, 4) is 11.3 Å². The molecule has 2 aromatic heterocycles. The lowest BCUT2D eigenvalue weighted by atomic mass is 10.1. The third-order valence-corrected chi connectivity index (χ3v) is 4.80. The first-order valence-electron chi connectivity index (χ1n) is 9.59. The van der Waals surface area contributed by atoms with E-state index in [-0.39, 0.29) is 6.61 Å². The van der Waals surface area contributed by atoms with Gasteiger partial charge < -0.3 is 14.5 Å². The van der Waals surface area contributed by atoms with Crippen LogP contribution in [-0.4, -0.2) is 15.5 Å². The summed E-state index contributed by atoms with van der Waals surface area (Å²) in [6.45, 7) is 4.66. The molecule has 2 heterocycles. The van der Waals surface area contributed by atoms with Gasteiger partial charge in [-0.25, -0.2) is 9.78 Å². The Labute approximate surface area is 170 Å². The van der Waals surface area contributed by atoms with Gasteiger partial charge >= 0.3 is 6.09 Å². The van der Waals surface area contributed by atoms with E-state index in [2.05, 4.69) is 36.5 Å². The summed E-state index contributed by atoms with van der Waals surface area (Å²) >= 11 is 0. The van der Waals surface area contributed by atoms with Crippen molar-refractivity contribution in [2.45, 2.75) is 27.0 Å². The van der Waals surface area contributed by atoms with Crippen LogP contribution in [0, 0.1) is 13.8 Å². The first-order valence-corrected chi connectivity index (χ1v) is 9.59. The summed E-state index contributed by atoms with van der Waals surface area (Å²) < 4.78 is 7.37. The highest BCUT2D eigenvalue weighted by atomic mass is 16.5. The summed E-state index contributed by atoms with van der Waals surface area (Å²) in [5, 5.41) is 2.87. The molecule has 5 nitrogen and oxygen atoms in total. The zero-order valence-electron chi connectivity index (χ0n) is 16.6. The van der Waals surface area contributed by atoms with Crippen LogP contribution < -0.4 is 5.32 Å². The summed E-state index contributed by atoms with van der Waals surface area (Å²) in [4.78, 5) is 17.0. The molecule has 2 aromatic carbocycles. The number of aryl methyl sites for hydroxylation is 2. The van der Waals surface area contributed by atoms with Gasteiger partial charge in [0.25, 0.3) is 0 Å². The molecule has 1 N–H and O–H groups in total. The van der Waals surface area contributed by atoms with Crippen LogP contribution >= 0.6 is 0 Å². The van der Waals surface area contributed by atoms with Crippen molar-refractivity contribution in [1.29, 1.82) is 0 Å². The van der Waals surface area contributed by atoms with Gasteiger partial charge in [-0.1, -0.05) is 66.2 Å². The highest BCUT2D eigenvalue weighted by Crippen LogP contribution is 2.25. The first kappa shape index (κ1) is 18.7. The summed E-state index contributed by atoms with van der Waals surface area (Å²) in [5.41, 5.74) is 6.92. The average molecular weight is 385 g/mol. The zero-order valence-corrected chi connectivity index (χ0v) is 16.6. The predicted octanol–water partition coefficient (Wildman–Crippen LogP) is 5.04. The second-order valence-electron chi connectivity index (χ2n) is 7.12.